The van der Waals surface area contributed by atoms with Crippen LogP contribution in [0, 0.1) is 20.8 Å². The van der Waals surface area contributed by atoms with Crippen LogP contribution in [-0.2, 0) is 4.79 Å². The Morgan fingerprint density at radius 2 is 1.83 bits per heavy atom. The first kappa shape index (κ1) is 17.9. The van der Waals surface area contributed by atoms with Crippen molar-refractivity contribution in [2.45, 2.75) is 33.8 Å². The molecule has 0 unspecified atom stereocenters. The SMILES string of the molecule is Cc1cccc(O[C@H](C)C(=O)NCCOc2cc(C)ccc2C)c1. The highest BCUT2D eigenvalue weighted by Crippen LogP contribution is 2.18. The highest BCUT2D eigenvalue weighted by molar-refractivity contribution is 5.80. The molecule has 1 atom stereocenters. The number of amides is 1. The Hall–Kier alpha value is -2.49. The Balaban J connectivity index is 1.75. The van der Waals surface area contributed by atoms with Crippen molar-refractivity contribution in [3.63, 3.8) is 0 Å². The van der Waals surface area contributed by atoms with E-state index in [2.05, 4.69) is 5.32 Å². The van der Waals surface area contributed by atoms with Crippen molar-refractivity contribution in [3.8, 4) is 11.5 Å². The van der Waals surface area contributed by atoms with Crippen LogP contribution in [-0.4, -0.2) is 25.2 Å². The van der Waals surface area contributed by atoms with Gasteiger partial charge in [-0.15, -0.1) is 0 Å². The number of carbonyl (C=O) groups excluding carboxylic acids is 1. The van der Waals surface area contributed by atoms with E-state index in [1.165, 1.54) is 0 Å². The summed E-state index contributed by atoms with van der Waals surface area (Å²) in [5, 5.41) is 2.83. The fourth-order valence-corrected chi connectivity index (χ4v) is 2.29. The van der Waals surface area contributed by atoms with Crippen LogP contribution in [0.4, 0.5) is 0 Å². The van der Waals surface area contributed by atoms with Gasteiger partial charge in [0, 0.05) is 0 Å². The predicted octanol–water partition coefficient (Wildman–Crippen LogP) is 3.57. The lowest BCUT2D eigenvalue weighted by Crippen LogP contribution is -2.38. The molecule has 0 aliphatic rings. The topological polar surface area (TPSA) is 47.6 Å². The Kier molecular flexibility index (Phi) is 6.24. The van der Waals surface area contributed by atoms with Crippen LogP contribution in [0.1, 0.15) is 23.6 Å². The van der Waals surface area contributed by atoms with Crippen LogP contribution in [0.3, 0.4) is 0 Å². The Bertz CT molecular complexity index is 697. The molecule has 0 spiro atoms. The van der Waals surface area contributed by atoms with Gasteiger partial charge in [0.15, 0.2) is 6.10 Å². The first-order valence-corrected chi connectivity index (χ1v) is 8.17. The molecule has 128 valence electrons. The van der Waals surface area contributed by atoms with Crippen LogP contribution in [0.2, 0.25) is 0 Å². The lowest BCUT2D eigenvalue weighted by atomic mass is 10.1. The van der Waals surface area contributed by atoms with E-state index < -0.39 is 6.10 Å². The first-order valence-electron chi connectivity index (χ1n) is 8.17. The first-order chi connectivity index (χ1) is 11.5. The summed E-state index contributed by atoms with van der Waals surface area (Å²) in [6.07, 6.45) is -0.549. The molecule has 0 heterocycles. The molecule has 0 fully saturated rings. The zero-order valence-electron chi connectivity index (χ0n) is 14.8. The maximum atomic E-state index is 12.1. The van der Waals surface area contributed by atoms with Crippen molar-refractivity contribution in [3.05, 3.63) is 59.2 Å². The third-order valence-corrected chi connectivity index (χ3v) is 3.67. The van der Waals surface area contributed by atoms with Gasteiger partial charge in [-0.1, -0.05) is 24.3 Å². The van der Waals surface area contributed by atoms with E-state index in [9.17, 15) is 4.79 Å². The monoisotopic (exact) mass is 327 g/mol. The van der Waals surface area contributed by atoms with Gasteiger partial charge in [-0.3, -0.25) is 4.79 Å². The van der Waals surface area contributed by atoms with Crippen molar-refractivity contribution in [2.75, 3.05) is 13.2 Å². The molecule has 24 heavy (non-hydrogen) atoms. The number of carbonyl (C=O) groups is 1. The average Bonchev–Trinajstić information content (AvgIpc) is 2.54. The zero-order valence-corrected chi connectivity index (χ0v) is 14.8. The second kappa shape index (κ2) is 8.39. The van der Waals surface area contributed by atoms with E-state index in [1.807, 2.05) is 63.2 Å². The number of nitrogens with one attached hydrogen (secondary N) is 1. The van der Waals surface area contributed by atoms with Crippen LogP contribution in [0.25, 0.3) is 0 Å². The number of rotatable bonds is 7. The minimum atomic E-state index is -0.549. The van der Waals surface area contributed by atoms with Crippen molar-refractivity contribution in [2.24, 2.45) is 0 Å². The molecule has 0 saturated carbocycles. The molecule has 2 aromatic rings. The summed E-state index contributed by atoms with van der Waals surface area (Å²) in [5.74, 6) is 1.40. The molecule has 4 heteroatoms. The van der Waals surface area contributed by atoms with Gasteiger partial charge in [-0.2, -0.15) is 0 Å². The van der Waals surface area contributed by atoms with Gasteiger partial charge in [0.1, 0.15) is 18.1 Å². The summed E-state index contributed by atoms with van der Waals surface area (Å²) < 4.78 is 11.4. The summed E-state index contributed by atoms with van der Waals surface area (Å²) in [5.41, 5.74) is 3.34. The fourth-order valence-electron chi connectivity index (χ4n) is 2.29. The summed E-state index contributed by atoms with van der Waals surface area (Å²) in [6.45, 7) is 8.62. The van der Waals surface area contributed by atoms with E-state index in [4.69, 9.17) is 9.47 Å². The van der Waals surface area contributed by atoms with E-state index in [1.54, 1.807) is 6.92 Å². The number of aryl methyl sites for hydroxylation is 3. The zero-order chi connectivity index (χ0) is 17.5. The molecule has 1 N–H and O–H groups in total. The van der Waals surface area contributed by atoms with Gasteiger partial charge in [0.2, 0.25) is 0 Å². The number of ether oxygens (including phenoxy) is 2. The van der Waals surface area contributed by atoms with E-state index in [0.717, 1.165) is 22.4 Å². The van der Waals surface area contributed by atoms with Crippen LogP contribution in [0.15, 0.2) is 42.5 Å². The second-order valence-corrected chi connectivity index (χ2v) is 5.99. The lowest BCUT2D eigenvalue weighted by Gasteiger charge is -2.15. The molecule has 4 nitrogen and oxygen atoms in total. The molecule has 2 rings (SSSR count). The van der Waals surface area contributed by atoms with Crippen molar-refractivity contribution in [1.29, 1.82) is 0 Å². The third-order valence-electron chi connectivity index (χ3n) is 3.67. The number of hydrogen-bond donors (Lipinski definition) is 1. The fraction of sp³-hybridized carbons (Fsp3) is 0.350. The molecular weight excluding hydrogens is 302 g/mol. The average molecular weight is 327 g/mol. The lowest BCUT2D eigenvalue weighted by molar-refractivity contribution is -0.127. The molecule has 0 aliphatic carbocycles. The van der Waals surface area contributed by atoms with Gasteiger partial charge in [-0.25, -0.2) is 0 Å². The molecule has 1 amide bonds. The standard InChI is InChI=1S/C20H25NO3/c1-14-6-5-7-18(12-14)24-17(4)20(22)21-10-11-23-19-13-15(2)8-9-16(19)3/h5-9,12-13,17H,10-11H2,1-4H3,(H,21,22)/t17-/m1/s1. The highest BCUT2D eigenvalue weighted by atomic mass is 16.5. The smallest absolute Gasteiger partial charge is 0.260 e. The highest BCUT2D eigenvalue weighted by Gasteiger charge is 2.14. The maximum absolute atomic E-state index is 12.1. The van der Waals surface area contributed by atoms with Gasteiger partial charge >= 0.3 is 0 Å². The minimum absolute atomic E-state index is 0.152. The summed E-state index contributed by atoms with van der Waals surface area (Å²) >= 11 is 0. The number of hydrogen-bond acceptors (Lipinski definition) is 3. The molecular formula is C20H25NO3. The molecule has 0 radical (unpaired) electrons. The molecule has 0 bridgehead atoms. The minimum Gasteiger partial charge on any atom is -0.491 e. The molecule has 2 aromatic carbocycles. The van der Waals surface area contributed by atoms with Crippen LogP contribution >= 0.6 is 0 Å². The Morgan fingerprint density at radius 1 is 1.08 bits per heavy atom. The molecule has 0 aromatic heterocycles. The number of benzene rings is 2. The molecule has 0 saturated heterocycles. The largest absolute Gasteiger partial charge is 0.491 e. The Morgan fingerprint density at radius 3 is 2.58 bits per heavy atom. The van der Waals surface area contributed by atoms with Gasteiger partial charge in [0.05, 0.1) is 6.54 Å². The summed E-state index contributed by atoms with van der Waals surface area (Å²) in [4.78, 5) is 12.1. The summed E-state index contributed by atoms with van der Waals surface area (Å²) in [6, 6.07) is 13.7. The molecule has 0 aliphatic heterocycles. The van der Waals surface area contributed by atoms with Crippen LogP contribution in [0.5, 0.6) is 11.5 Å². The second-order valence-electron chi connectivity index (χ2n) is 5.99. The maximum Gasteiger partial charge on any atom is 0.260 e. The normalized spacial score (nSPS) is 11.7. The van der Waals surface area contributed by atoms with E-state index >= 15 is 0 Å². The quantitative estimate of drug-likeness (QED) is 0.791. The van der Waals surface area contributed by atoms with Gasteiger partial charge < -0.3 is 14.8 Å². The predicted molar refractivity (Wildman–Crippen MR) is 95.7 cm³/mol. The van der Waals surface area contributed by atoms with Crippen LogP contribution < -0.4 is 14.8 Å². The van der Waals surface area contributed by atoms with Crippen molar-refractivity contribution in [1.82, 2.24) is 5.32 Å². The van der Waals surface area contributed by atoms with Crippen molar-refractivity contribution >= 4 is 5.91 Å². The van der Waals surface area contributed by atoms with E-state index in [0.29, 0.717) is 18.9 Å². The van der Waals surface area contributed by atoms with Crippen molar-refractivity contribution < 1.29 is 14.3 Å². The summed E-state index contributed by atoms with van der Waals surface area (Å²) in [7, 11) is 0. The Labute approximate surface area is 143 Å². The third kappa shape index (κ3) is 5.30. The van der Waals surface area contributed by atoms with Gasteiger partial charge in [0.25, 0.3) is 5.91 Å². The van der Waals surface area contributed by atoms with E-state index in [-0.39, 0.29) is 5.91 Å². The van der Waals surface area contributed by atoms with Gasteiger partial charge in [-0.05, 0) is 62.6 Å².